The molecule has 0 aliphatic carbocycles. The second-order valence-corrected chi connectivity index (χ2v) is 11.4. The summed E-state index contributed by atoms with van der Waals surface area (Å²) in [4.78, 5) is 27.8. The lowest BCUT2D eigenvalue weighted by atomic mass is 10.1. The first-order chi connectivity index (χ1) is 16.3. The molecule has 0 radical (unpaired) electrons. The van der Waals surface area contributed by atoms with Crippen molar-refractivity contribution >= 4 is 50.7 Å². The number of halogens is 2. The van der Waals surface area contributed by atoms with Crippen LogP contribution in [0.5, 0.6) is 0 Å². The Morgan fingerprint density at radius 2 is 1.63 bits per heavy atom. The minimum absolute atomic E-state index is 0.0514. The third-order valence-corrected chi connectivity index (χ3v) is 7.41. The molecular weight excluding hydrogens is 509 g/mol. The number of anilines is 1. The van der Waals surface area contributed by atoms with E-state index in [9.17, 15) is 18.0 Å². The van der Waals surface area contributed by atoms with Crippen molar-refractivity contribution in [1.29, 1.82) is 0 Å². The molecule has 2 rings (SSSR count). The van der Waals surface area contributed by atoms with E-state index in [4.69, 9.17) is 23.2 Å². The number of unbranched alkanes of at least 4 members (excludes halogenated alkanes) is 1. The highest BCUT2D eigenvalue weighted by Crippen LogP contribution is 2.27. The number of nitrogens with one attached hydrogen (secondary N) is 1. The molecule has 2 aromatic rings. The van der Waals surface area contributed by atoms with Crippen molar-refractivity contribution in [3.8, 4) is 0 Å². The largest absolute Gasteiger partial charge is 0.354 e. The molecule has 2 amide bonds. The van der Waals surface area contributed by atoms with E-state index in [0.717, 1.165) is 34.5 Å². The Balaban J connectivity index is 2.44. The average Bonchev–Trinajstić information content (AvgIpc) is 2.75. The Morgan fingerprint density at radius 3 is 2.14 bits per heavy atom. The van der Waals surface area contributed by atoms with Gasteiger partial charge in [-0.2, -0.15) is 0 Å². The summed E-state index contributed by atoms with van der Waals surface area (Å²) < 4.78 is 26.4. The zero-order chi connectivity index (χ0) is 26.3. The molecule has 2 aromatic carbocycles. The molecule has 0 aliphatic heterocycles. The Kier molecular flexibility index (Phi) is 10.4. The summed E-state index contributed by atoms with van der Waals surface area (Å²) in [5, 5.41) is 3.53. The van der Waals surface area contributed by atoms with Gasteiger partial charge in [-0.15, -0.1) is 0 Å². The van der Waals surface area contributed by atoms with Gasteiger partial charge in [0.2, 0.25) is 21.8 Å². The minimum atomic E-state index is -3.80. The van der Waals surface area contributed by atoms with Gasteiger partial charge in [-0.25, -0.2) is 8.42 Å². The topological polar surface area (TPSA) is 86.8 Å². The number of nitrogens with zero attached hydrogens (tertiary/aromatic N) is 2. The molecule has 0 unspecified atom stereocenters. The monoisotopic (exact) mass is 541 g/mol. The van der Waals surface area contributed by atoms with Gasteiger partial charge >= 0.3 is 0 Å². The van der Waals surface area contributed by atoms with E-state index in [1.165, 1.54) is 4.90 Å². The van der Waals surface area contributed by atoms with Gasteiger partial charge in [0.1, 0.15) is 12.6 Å². The van der Waals surface area contributed by atoms with E-state index in [-0.39, 0.29) is 12.5 Å². The fraction of sp³-hybridized carbons (Fsp3) is 0.440. The number of aryl methyl sites for hydroxylation is 2. The second-order valence-electron chi connectivity index (χ2n) is 8.66. The predicted octanol–water partition coefficient (Wildman–Crippen LogP) is 4.71. The van der Waals surface area contributed by atoms with E-state index in [2.05, 4.69) is 5.32 Å². The van der Waals surface area contributed by atoms with Crippen LogP contribution >= 0.6 is 23.2 Å². The normalized spacial score (nSPS) is 12.2. The van der Waals surface area contributed by atoms with E-state index in [1.54, 1.807) is 37.3 Å². The number of benzene rings is 2. The summed E-state index contributed by atoms with van der Waals surface area (Å²) in [5.41, 5.74) is 2.60. The quantitative estimate of drug-likeness (QED) is 0.417. The fourth-order valence-corrected chi connectivity index (χ4v) is 5.03. The summed E-state index contributed by atoms with van der Waals surface area (Å²) in [6.45, 7) is 7.27. The van der Waals surface area contributed by atoms with Crippen LogP contribution in [0.2, 0.25) is 10.0 Å². The number of carbonyl (C=O) groups is 2. The van der Waals surface area contributed by atoms with Gasteiger partial charge in [0.15, 0.2) is 0 Å². The van der Waals surface area contributed by atoms with Crippen LogP contribution in [0, 0.1) is 13.8 Å². The molecule has 192 valence electrons. The molecule has 1 atom stereocenters. The van der Waals surface area contributed by atoms with Gasteiger partial charge in [0.25, 0.3) is 0 Å². The van der Waals surface area contributed by atoms with Crippen molar-refractivity contribution in [2.75, 3.05) is 23.7 Å². The van der Waals surface area contributed by atoms with Crippen LogP contribution in [0.15, 0.2) is 36.4 Å². The zero-order valence-electron chi connectivity index (χ0n) is 20.8. The predicted molar refractivity (Wildman–Crippen MR) is 142 cm³/mol. The maximum absolute atomic E-state index is 13.6. The third-order valence-electron chi connectivity index (χ3n) is 5.56. The molecule has 0 aromatic heterocycles. The third kappa shape index (κ3) is 8.12. The molecule has 1 N–H and O–H groups in total. The number of sulfonamides is 1. The van der Waals surface area contributed by atoms with E-state index < -0.39 is 28.5 Å². The lowest BCUT2D eigenvalue weighted by molar-refractivity contribution is -0.139. The number of carbonyl (C=O) groups excluding carboxylic acids is 2. The molecule has 0 heterocycles. The van der Waals surface area contributed by atoms with Crippen LogP contribution in [0.4, 0.5) is 5.69 Å². The van der Waals surface area contributed by atoms with Gasteiger partial charge in [-0.05, 0) is 62.6 Å². The fourth-order valence-electron chi connectivity index (χ4n) is 3.68. The maximum atomic E-state index is 13.6. The lowest BCUT2D eigenvalue weighted by Crippen LogP contribution is -2.51. The van der Waals surface area contributed by atoms with Crippen molar-refractivity contribution in [1.82, 2.24) is 10.2 Å². The summed E-state index contributed by atoms with van der Waals surface area (Å²) >= 11 is 12.7. The molecule has 0 spiro atoms. The Morgan fingerprint density at radius 1 is 1.06 bits per heavy atom. The van der Waals surface area contributed by atoms with Crippen molar-refractivity contribution in [3.05, 3.63) is 63.1 Å². The van der Waals surface area contributed by atoms with E-state index in [0.29, 0.717) is 27.8 Å². The summed E-state index contributed by atoms with van der Waals surface area (Å²) in [6, 6.07) is 9.43. The summed E-state index contributed by atoms with van der Waals surface area (Å²) in [5.74, 6) is -0.893. The number of hydrogen-bond acceptors (Lipinski definition) is 4. The average molecular weight is 543 g/mol. The molecule has 10 heteroatoms. The van der Waals surface area contributed by atoms with Crippen LogP contribution in [0.3, 0.4) is 0 Å². The van der Waals surface area contributed by atoms with Crippen LogP contribution < -0.4 is 9.62 Å². The van der Waals surface area contributed by atoms with Crippen LogP contribution in [0.1, 0.15) is 43.4 Å². The summed E-state index contributed by atoms with van der Waals surface area (Å²) in [6.07, 6.45) is 2.76. The number of hydrogen-bond donors (Lipinski definition) is 1. The highest BCUT2D eigenvalue weighted by atomic mass is 35.5. The van der Waals surface area contributed by atoms with Crippen molar-refractivity contribution < 1.29 is 18.0 Å². The first kappa shape index (κ1) is 28.9. The Labute approximate surface area is 218 Å². The zero-order valence-corrected chi connectivity index (χ0v) is 23.1. The number of rotatable bonds is 11. The molecule has 0 saturated carbocycles. The molecular formula is C25H33Cl2N3O4S. The van der Waals surface area contributed by atoms with Gasteiger partial charge in [0.05, 0.1) is 11.9 Å². The van der Waals surface area contributed by atoms with Crippen molar-refractivity contribution in [3.63, 3.8) is 0 Å². The summed E-state index contributed by atoms with van der Waals surface area (Å²) in [7, 11) is -3.80. The van der Waals surface area contributed by atoms with Crippen LogP contribution in [-0.2, 0) is 26.2 Å². The van der Waals surface area contributed by atoms with Crippen LogP contribution in [0.25, 0.3) is 0 Å². The first-order valence-corrected chi connectivity index (χ1v) is 14.0. The molecule has 0 fully saturated rings. The highest BCUT2D eigenvalue weighted by molar-refractivity contribution is 7.92. The molecule has 35 heavy (non-hydrogen) atoms. The van der Waals surface area contributed by atoms with Crippen molar-refractivity contribution in [2.24, 2.45) is 0 Å². The molecule has 7 nitrogen and oxygen atoms in total. The first-order valence-electron chi connectivity index (χ1n) is 11.4. The number of amides is 2. The second kappa shape index (κ2) is 12.6. The van der Waals surface area contributed by atoms with Gasteiger partial charge in [-0.1, -0.05) is 48.7 Å². The van der Waals surface area contributed by atoms with E-state index >= 15 is 0 Å². The molecule has 0 bridgehead atoms. The SMILES string of the molecule is CCCCNC(=O)[C@H](C)N(Cc1c(Cl)cccc1Cl)C(=O)CN(c1cc(C)cc(C)c1)S(C)(=O)=O. The molecule has 0 aliphatic rings. The van der Waals surface area contributed by atoms with Crippen LogP contribution in [-0.4, -0.2) is 50.5 Å². The maximum Gasteiger partial charge on any atom is 0.244 e. The van der Waals surface area contributed by atoms with Crippen molar-refractivity contribution in [2.45, 2.75) is 53.1 Å². The van der Waals surface area contributed by atoms with Gasteiger partial charge in [-0.3, -0.25) is 13.9 Å². The molecule has 0 saturated heterocycles. The Hall–Kier alpha value is -2.29. The lowest BCUT2D eigenvalue weighted by Gasteiger charge is -2.32. The van der Waals surface area contributed by atoms with Gasteiger partial charge in [0, 0.05) is 28.7 Å². The van der Waals surface area contributed by atoms with Gasteiger partial charge < -0.3 is 10.2 Å². The smallest absolute Gasteiger partial charge is 0.244 e. The standard InChI is InChI=1S/C25H33Cl2N3O4S/c1-6-7-11-28-25(32)19(4)29(15-21-22(26)9-8-10-23(21)27)24(31)16-30(35(5,33)34)20-13-17(2)12-18(3)14-20/h8-10,12-14,19H,6-7,11,15-16H2,1-5H3,(H,28,32)/t19-/m0/s1. The Bertz CT molecular complexity index is 1130. The minimum Gasteiger partial charge on any atom is -0.354 e. The van der Waals surface area contributed by atoms with E-state index in [1.807, 2.05) is 26.8 Å². The highest BCUT2D eigenvalue weighted by Gasteiger charge is 2.31.